The van der Waals surface area contributed by atoms with Gasteiger partial charge in [-0.25, -0.2) is 4.57 Å². The number of allylic oxidation sites excluding steroid dienone is 14. The molecule has 10 heteroatoms. The maximum atomic E-state index is 12.8. The van der Waals surface area contributed by atoms with Crippen LogP contribution in [0.3, 0.4) is 0 Å². The van der Waals surface area contributed by atoms with E-state index in [1.807, 2.05) is 21.1 Å². The predicted octanol–water partition coefficient (Wildman–Crippen LogP) is 19.0. The van der Waals surface area contributed by atoms with Crippen LogP contribution in [0.2, 0.25) is 0 Å². The summed E-state index contributed by atoms with van der Waals surface area (Å²) in [4.78, 5) is 35.7. The smallest absolute Gasteiger partial charge is 0.462 e. The van der Waals surface area contributed by atoms with Gasteiger partial charge in [-0.3, -0.25) is 18.6 Å². The number of esters is 2. The molecule has 0 aliphatic heterocycles. The lowest BCUT2D eigenvalue weighted by Crippen LogP contribution is -2.37. The highest BCUT2D eigenvalue weighted by atomic mass is 31.2. The molecule has 0 fully saturated rings. The number of carbonyl (C=O) groups excluding carboxylic acids is 2. The average molecular weight is 1060 g/mol. The largest absolute Gasteiger partial charge is 0.472 e. The summed E-state index contributed by atoms with van der Waals surface area (Å²) in [5.74, 6) is -0.832. The minimum absolute atomic E-state index is 0.0220. The Labute approximate surface area is 456 Å². The number of phosphoric acid groups is 1. The SMILES string of the molecule is CC/C=C\C/C=C\C/C=C\C/C=C\C/C=C\CCCCCC(=O)OC(COC(=O)CCCCCCCCCCCCCCCCCCCCC/C=C\C/C=C\CCCCCCC)COP(=O)(O)OCC[N+](C)(C)C. The monoisotopic (exact) mass is 1060 g/mol. The number of unbranched alkanes of at least 4 members (excludes halogenated alkanes) is 27. The quantitative estimate of drug-likeness (QED) is 0.0211. The average Bonchev–Trinajstić information content (AvgIpc) is 3.36. The molecule has 0 saturated carbocycles. The van der Waals surface area contributed by atoms with E-state index in [-0.39, 0.29) is 32.0 Å². The van der Waals surface area contributed by atoms with E-state index in [0.29, 0.717) is 17.4 Å². The van der Waals surface area contributed by atoms with Crippen molar-refractivity contribution in [3.05, 3.63) is 85.1 Å². The fourth-order valence-corrected chi connectivity index (χ4v) is 8.99. The number of hydrogen-bond donors (Lipinski definition) is 1. The lowest BCUT2D eigenvalue weighted by Gasteiger charge is -2.24. The van der Waals surface area contributed by atoms with Gasteiger partial charge < -0.3 is 18.9 Å². The molecule has 428 valence electrons. The second-order valence-electron chi connectivity index (χ2n) is 21.4. The van der Waals surface area contributed by atoms with Crippen LogP contribution in [-0.2, 0) is 32.7 Å². The maximum absolute atomic E-state index is 12.8. The molecule has 0 aromatic heterocycles. The van der Waals surface area contributed by atoms with Crippen LogP contribution in [0.1, 0.15) is 258 Å². The summed E-state index contributed by atoms with van der Waals surface area (Å²) in [5, 5.41) is 0. The molecule has 0 aliphatic carbocycles. The summed E-state index contributed by atoms with van der Waals surface area (Å²) in [6, 6.07) is 0. The van der Waals surface area contributed by atoms with Crippen molar-refractivity contribution in [2.75, 3.05) is 47.5 Å². The van der Waals surface area contributed by atoms with Crippen molar-refractivity contribution in [1.82, 2.24) is 0 Å². The van der Waals surface area contributed by atoms with Crippen LogP contribution >= 0.6 is 7.82 Å². The van der Waals surface area contributed by atoms with Crippen LogP contribution in [0.4, 0.5) is 0 Å². The summed E-state index contributed by atoms with van der Waals surface area (Å²) >= 11 is 0. The van der Waals surface area contributed by atoms with Crippen LogP contribution in [0.25, 0.3) is 0 Å². The number of quaternary nitrogens is 1. The third kappa shape index (κ3) is 58.5. The molecule has 0 radical (unpaired) electrons. The van der Waals surface area contributed by atoms with Crippen LogP contribution in [0.15, 0.2) is 85.1 Å². The van der Waals surface area contributed by atoms with E-state index < -0.39 is 26.5 Å². The summed E-state index contributed by atoms with van der Waals surface area (Å²) in [6.07, 6.45) is 73.9. The molecule has 0 aromatic carbocycles. The number of nitrogens with zero attached hydrogens (tertiary/aromatic N) is 1. The lowest BCUT2D eigenvalue weighted by molar-refractivity contribution is -0.870. The Morgan fingerprint density at radius 1 is 0.432 bits per heavy atom. The van der Waals surface area contributed by atoms with Gasteiger partial charge in [-0.2, -0.15) is 0 Å². The Kier molecular flexibility index (Phi) is 52.9. The molecule has 0 spiro atoms. The Balaban J connectivity index is 4.10. The number of ether oxygens (including phenoxy) is 2. The van der Waals surface area contributed by atoms with Gasteiger partial charge in [-0.1, -0.05) is 240 Å². The van der Waals surface area contributed by atoms with Gasteiger partial charge in [0.25, 0.3) is 0 Å². The summed E-state index contributed by atoms with van der Waals surface area (Å²) in [5.41, 5.74) is 0. The van der Waals surface area contributed by atoms with Crippen molar-refractivity contribution in [3.63, 3.8) is 0 Å². The molecule has 0 aliphatic rings. The highest BCUT2D eigenvalue weighted by Crippen LogP contribution is 2.43. The molecule has 0 aromatic rings. The van der Waals surface area contributed by atoms with Gasteiger partial charge in [0, 0.05) is 12.8 Å². The molecule has 1 N–H and O–H groups in total. The predicted molar refractivity (Wildman–Crippen MR) is 316 cm³/mol. The van der Waals surface area contributed by atoms with E-state index in [0.717, 1.165) is 77.0 Å². The highest BCUT2D eigenvalue weighted by molar-refractivity contribution is 7.47. The number of phosphoric ester groups is 1. The molecule has 74 heavy (non-hydrogen) atoms. The first-order valence-electron chi connectivity index (χ1n) is 30.3. The van der Waals surface area contributed by atoms with Crippen LogP contribution in [0.5, 0.6) is 0 Å². The normalized spacial score (nSPS) is 13.9. The van der Waals surface area contributed by atoms with Crippen LogP contribution in [-0.4, -0.2) is 74.9 Å². The molecule has 9 nitrogen and oxygen atoms in total. The summed E-state index contributed by atoms with van der Waals surface area (Å²) in [7, 11) is 1.45. The van der Waals surface area contributed by atoms with Gasteiger partial charge in [-0.15, -0.1) is 0 Å². The summed E-state index contributed by atoms with van der Waals surface area (Å²) in [6.45, 7) is 4.28. The standard InChI is InChI=1S/C64H114NO8P/c1-6-8-10-12-14-16-18-20-22-24-26-27-28-29-30-31-32-33-34-35-36-37-39-40-42-44-46-48-50-52-54-56-63(66)70-60-62(61-72-74(68,69)71-59-58-65(3,4)5)73-64(67)57-55-53-51-49-47-45-43-41-38-25-23-21-19-17-15-13-11-9-7-2/h9,11,15,17-18,20-21,23-24,26,38,41,45,47,62H,6-8,10,12-14,16,19,22,25,27-37,39-40,42-44,46,48-61H2,1-5H3/p+1/b11-9-,17-15-,20-18-,23-21-,26-24-,41-38-,47-45-. The fraction of sp³-hybridized carbons (Fsp3) is 0.750. The third-order valence-electron chi connectivity index (χ3n) is 12.9. The van der Waals surface area contributed by atoms with Gasteiger partial charge in [0.15, 0.2) is 6.10 Å². The zero-order chi connectivity index (χ0) is 54.2. The van der Waals surface area contributed by atoms with Gasteiger partial charge in [0.2, 0.25) is 0 Å². The van der Waals surface area contributed by atoms with Crippen LogP contribution in [0, 0.1) is 0 Å². The third-order valence-corrected chi connectivity index (χ3v) is 13.9. The minimum atomic E-state index is -4.40. The number of carbonyl (C=O) groups is 2. The van der Waals surface area contributed by atoms with Gasteiger partial charge in [-0.05, 0) is 89.9 Å². The van der Waals surface area contributed by atoms with Crippen molar-refractivity contribution in [2.24, 2.45) is 0 Å². The van der Waals surface area contributed by atoms with E-state index in [1.165, 1.54) is 148 Å². The fourth-order valence-electron chi connectivity index (χ4n) is 8.25. The zero-order valence-corrected chi connectivity index (χ0v) is 49.5. The van der Waals surface area contributed by atoms with E-state index in [2.05, 4.69) is 98.9 Å². The Morgan fingerprint density at radius 2 is 0.770 bits per heavy atom. The van der Waals surface area contributed by atoms with Crippen molar-refractivity contribution in [1.29, 1.82) is 0 Å². The molecule has 0 bridgehead atoms. The molecule has 2 unspecified atom stereocenters. The minimum Gasteiger partial charge on any atom is -0.462 e. The first-order valence-corrected chi connectivity index (χ1v) is 31.8. The Bertz CT molecular complexity index is 1520. The van der Waals surface area contributed by atoms with E-state index in [9.17, 15) is 19.0 Å². The van der Waals surface area contributed by atoms with Crippen molar-refractivity contribution < 1.29 is 42.1 Å². The van der Waals surface area contributed by atoms with E-state index in [4.69, 9.17) is 18.5 Å². The molecule has 0 rings (SSSR count). The number of hydrogen-bond acceptors (Lipinski definition) is 7. The molecule has 0 heterocycles. The van der Waals surface area contributed by atoms with E-state index in [1.54, 1.807) is 0 Å². The lowest BCUT2D eigenvalue weighted by atomic mass is 10.0. The molecule has 0 saturated heterocycles. The zero-order valence-electron chi connectivity index (χ0n) is 48.6. The maximum Gasteiger partial charge on any atom is 0.472 e. The highest BCUT2D eigenvalue weighted by Gasteiger charge is 2.27. The first-order chi connectivity index (χ1) is 36.0. The van der Waals surface area contributed by atoms with Crippen molar-refractivity contribution >= 4 is 19.8 Å². The van der Waals surface area contributed by atoms with Gasteiger partial charge >= 0.3 is 19.8 Å². The molecule has 0 amide bonds. The van der Waals surface area contributed by atoms with Gasteiger partial charge in [0.1, 0.15) is 19.8 Å². The van der Waals surface area contributed by atoms with Crippen LogP contribution < -0.4 is 0 Å². The molecule has 2 atom stereocenters. The van der Waals surface area contributed by atoms with Crippen molar-refractivity contribution in [2.45, 2.75) is 264 Å². The molecular formula is C64H115NO8P+. The Morgan fingerprint density at radius 3 is 1.16 bits per heavy atom. The summed E-state index contributed by atoms with van der Waals surface area (Å²) < 4.78 is 34.5. The second-order valence-corrected chi connectivity index (χ2v) is 22.8. The topological polar surface area (TPSA) is 108 Å². The first kappa shape index (κ1) is 71.2. The van der Waals surface area contributed by atoms with E-state index >= 15 is 0 Å². The number of rotatable bonds is 55. The second kappa shape index (κ2) is 55.0. The van der Waals surface area contributed by atoms with Gasteiger partial charge in [0.05, 0.1) is 27.7 Å². The Hall–Kier alpha value is -2.81. The van der Waals surface area contributed by atoms with Crippen molar-refractivity contribution in [3.8, 4) is 0 Å². The molecular weight excluding hydrogens is 942 g/mol. The number of likely N-dealkylation sites (N-methyl/N-ethyl adjacent to an activating group) is 1.